The molecule has 0 spiro atoms. The van der Waals surface area contributed by atoms with Crippen molar-refractivity contribution in [2.75, 3.05) is 22.1 Å². The van der Waals surface area contributed by atoms with E-state index >= 15 is 0 Å². The van der Waals surface area contributed by atoms with Crippen molar-refractivity contribution < 1.29 is 21.6 Å². The average Bonchev–Trinajstić information content (AvgIpc) is 2.87. The molecule has 1 atom stereocenters. The number of nitrogens with one attached hydrogen (secondary N) is 2. The van der Waals surface area contributed by atoms with Crippen LogP contribution in [0.1, 0.15) is 6.42 Å². The maximum Gasteiger partial charge on any atom is 0.196 e. The van der Waals surface area contributed by atoms with E-state index in [9.17, 15) is 21.6 Å². The van der Waals surface area contributed by atoms with Crippen LogP contribution in [0.5, 0.6) is 0 Å². The highest BCUT2D eigenvalue weighted by Gasteiger charge is 2.28. The Morgan fingerprint density at radius 1 is 1.08 bits per heavy atom. The molecule has 6 nitrogen and oxygen atoms in total. The second kappa shape index (κ2) is 6.27. The fourth-order valence-corrected chi connectivity index (χ4v) is 4.06. The molecule has 1 aromatic carbocycles. The molecule has 1 unspecified atom stereocenters. The van der Waals surface area contributed by atoms with Crippen molar-refractivity contribution in [2.24, 2.45) is 0 Å². The van der Waals surface area contributed by atoms with Crippen molar-refractivity contribution in [1.82, 2.24) is 9.97 Å². The Morgan fingerprint density at radius 3 is 2.54 bits per heavy atom. The van der Waals surface area contributed by atoms with E-state index in [0.29, 0.717) is 12.2 Å². The van der Waals surface area contributed by atoms with Gasteiger partial charge in [0.25, 0.3) is 0 Å². The third-order valence-corrected chi connectivity index (χ3v) is 5.32. The summed E-state index contributed by atoms with van der Waals surface area (Å²) >= 11 is 0. The Bertz CT molecular complexity index is 876. The summed E-state index contributed by atoms with van der Waals surface area (Å²) in [6, 6.07) is 3.00. The first-order valence-electron chi connectivity index (χ1n) is 7.03. The monoisotopic (exact) mass is 358 g/mol. The van der Waals surface area contributed by atoms with Gasteiger partial charge in [-0.15, -0.1) is 0 Å². The van der Waals surface area contributed by atoms with Crippen LogP contribution in [-0.2, 0) is 9.84 Å². The standard InChI is InChI=1S/C14H13F3N4O2S/c15-9-1-2-10(14(17)13(9)16)21-12-5-11(18-7-19-12)20-8-3-4-24(22,23)6-8/h1-2,5,7-8H,3-4,6H2,(H2,18,19,20,21). The molecule has 2 heterocycles. The third kappa shape index (κ3) is 3.58. The van der Waals surface area contributed by atoms with Crippen LogP contribution in [0.4, 0.5) is 30.5 Å². The molecule has 1 aliphatic heterocycles. The molecule has 1 fully saturated rings. The summed E-state index contributed by atoms with van der Waals surface area (Å²) in [5.74, 6) is -3.60. The van der Waals surface area contributed by atoms with Crippen LogP contribution in [0.2, 0.25) is 0 Å². The predicted molar refractivity (Wildman–Crippen MR) is 82.3 cm³/mol. The largest absolute Gasteiger partial charge is 0.366 e. The molecule has 2 aromatic rings. The fraction of sp³-hybridized carbons (Fsp3) is 0.286. The Kier molecular flexibility index (Phi) is 4.31. The van der Waals surface area contributed by atoms with E-state index in [1.807, 2.05) is 0 Å². The fourth-order valence-electron chi connectivity index (χ4n) is 2.38. The highest BCUT2D eigenvalue weighted by atomic mass is 32.2. The molecule has 1 aromatic heterocycles. The van der Waals surface area contributed by atoms with E-state index in [1.54, 1.807) is 0 Å². The molecule has 1 saturated heterocycles. The van der Waals surface area contributed by atoms with Gasteiger partial charge < -0.3 is 10.6 Å². The van der Waals surface area contributed by atoms with Gasteiger partial charge in [0.15, 0.2) is 27.3 Å². The molecule has 0 bridgehead atoms. The number of hydrogen-bond donors (Lipinski definition) is 2. The highest BCUT2D eigenvalue weighted by molar-refractivity contribution is 7.91. The van der Waals surface area contributed by atoms with Crippen molar-refractivity contribution in [3.63, 3.8) is 0 Å². The molecule has 3 rings (SSSR count). The highest BCUT2D eigenvalue weighted by Crippen LogP contribution is 2.24. The summed E-state index contributed by atoms with van der Waals surface area (Å²) in [7, 11) is -3.04. The molecule has 0 amide bonds. The first-order chi connectivity index (χ1) is 11.3. The van der Waals surface area contributed by atoms with Crippen LogP contribution >= 0.6 is 0 Å². The lowest BCUT2D eigenvalue weighted by Gasteiger charge is -2.13. The Morgan fingerprint density at radius 2 is 1.83 bits per heavy atom. The number of anilines is 3. The van der Waals surface area contributed by atoms with E-state index in [2.05, 4.69) is 20.6 Å². The number of halogens is 3. The van der Waals surface area contributed by atoms with Crippen molar-refractivity contribution in [3.8, 4) is 0 Å². The first kappa shape index (κ1) is 16.5. The van der Waals surface area contributed by atoms with Gasteiger partial charge in [0, 0.05) is 12.1 Å². The zero-order valence-corrected chi connectivity index (χ0v) is 13.1. The lowest BCUT2D eigenvalue weighted by molar-refractivity contribution is 0.449. The van der Waals surface area contributed by atoms with Gasteiger partial charge in [-0.2, -0.15) is 0 Å². The van der Waals surface area contributed by atoms with Gasteiger partial charge in [0.1, 0.15) is 18.0 Å². The Hall–Kier alpha value is -2.36. The van der Waals surface area contributed by atoms with Crippen molar-refractivity contribution in [1.29, 1.82) is 0 Å². The molecular weight excluding hydrogens is 345 g/mol. The SMILES string of the molecule is O=S1(=O)CCC(Nc2cc(Nc3ccc(F)c(F)c3F)ncn2)C1. The molecule has 128 valence electrons. The average molecular weight is 358 g/mol. The number of nitrogens with zero attached hydrogens (tertiary/aromatic N) is 2. The van der Waals surface area contributed by atoms with E-state index in [1.165, 1.54) is 12.4 Å². The lowest BCUT2D eigenvalue weighted by Crippen LogP contribution is -2.21. The van der Waals surface area contributed by atoms with E-state index in [0.717, 1.165) is 12.1 Å². The number of hydrogen-bond acceptors (Lipinski definition) is 6. The molecular formula is C14H13F3N4O2S. The molecule has 24 heavy (non-hydrogen) atoms. The minimum absolute atomic E-state index is 0.0115. The minimum Gasteiger partial charge on any atom is -0.366 e. The number of aromatic nitrogens is 2. The van der Waals surface area contributed by atoms with Crippen molar-refractivity contribution in [2.45, 2.75) is 12.5 Å². The van der Waals surface area contributed by atoms with Crippen LogP contribution in [0, 0.1) is 17.5 Å². The molecule has 2 N–H and O–H groups in total. The van der Waals surface area contributed by atoms with Gasteiger partial charge in [0.2, 0.25) is 0 Å². The zero-order valence-electron chi connectivity index (χ0n) is 12.3. The Labute approximate surface area is 136 Å². The maximum absolute atomic E-state index is 13.7. The molecule has 0 aliphatic carbocycles. The second-order valence-electron chi connectivity index (χ2n) is 5.38. The topological polar surface area (TPSA) is 84.0 Å². The zero-order chi connectivity index (χ0) is 17.3. The molecule has 0 saturated carbocycles. The van der Waals surface area contributed by atoms with Gasteiger partial charge in [0.05, 0.1) is 17.2 Å². The predicted octanol–water partition coefficient (Wildman–Crippen LogP) is 2.24. The molecule has 1 aliphatic rings. The summed E-state index contributed by atoms with van der Waals surface area (Å²) in [6.07, 6.45) is 1.65. The molecule has 10 heteroatoms. The van der Waals surface area contributed by atoms with E-state index in [4.69, 9.17) is 0 Å². The van der Waals surface area contributed by atoms with Gasteiger partial charge >= 0.3 is 0 Å². The summed E-state index contributed by atoms with van der Waals surface area (Å²) in [6.45, 7) is 0. The first-order valence-corrected chi connectivity index (χ1v) is 8.86. The number of sulfone groups is 1. The van der Waals surface area contributed by atoms with Crippen LogP contribution in [0.25, 0.3) is 0 Å². The van der Waals surface area contributed by atoms with Crippen LogP contribution < -0.4 is 10.6 Å². The van der Waals surface area contributed by atoms with Crippen LogP contribution in [0.3, 0.4) is 0 Å². The van der Waals surface area contributed by atoms with E-state index in [-0.39, 0.29) is 29.1 Å². The number of benzene rings is 1. The van der Waals surface area contributed by atoms with Gasteiger partial charge in [-0.25, -0.2) is 31.6 Å². The minimum atomic E-state index is -3.04. The van der Waals surface area contributed by atoms with Gasteiger partial charge in [-0.05, 0) is 18.6 Å². The normalized spacial score (nSPS) is 19.2. The quantitative estimate of drug-likeness (QED) is 0.816. The van der Waals surface area contributed by atoms with Crippen molar-refractivity contribution >= 4 is 27.2 Å². The third-order valence-electron chi connectivity index (χ3n) is 3.55. The Balaban J connectivity index is 1.75. The van der Waals surface area contributed by atoms with E-state index < -0.39 is 27.3 Å². The lowest BCUT2D eigenvalue weighted by atomic mass is 10.2. The van der Waals surface area contributed by atoms with Crippen molar-refractivity contribution in [3.05, 3.63) is 42.0 Å². The summed E-state index contributed by atoms with van der Waals surface area (Å²) in [5.41, 5.74) is -0.276. The van der Waals surface area contributed by atoms with Crippen LogP contribution in [-0.4, -0.2) is 35.9 Å². The summed E-state index contributed by atoms with van der Waals surface area (Å²) in [5, 5.41) is 5.49. The van der Waals surface area contributed by atoms with Gasteiger partial charge in [-0.3, -0.25) is 0 Å². The maximum atomic E-state index is 13.7. The smallest absolute Gasteiger partial charge is 0.196 e. The summed E-state index contributed by atoms with van der Waals surface area (Å²) < 4.78 is 62.7. The molecule has 0 radical (unpaired) electrons. The van der Waals surface area contributed by atoms with Gasteiger partial charge in [-0.1, -0.05) is 0 Å². The number of rotatable bonds is 4. The summed E-state index contributed by atoms with van der Waals surface area (Å²) in [4.78, 5) is 7.83. The van der Waals surface area contributed by atoms with Crippen LogP contribution in [0.15, 0.2) is 24.5 Å². The second-order valence-corrected chi connectivity index (χ2v) is 7.61.